The minimum atomic E-state index is -0.277. The molecule has 1 aromatic heterocycles. The van der Waals surface area contributed by atoms with Gasteiger partial charge in [-0.15, -0.1) is 0 Å². The largest absolute Gasteiger partial charge is 0.382 e. The second-order valence-electron chi connectivity index (χ2n) is 4.84. The fourth-order valence-electron chi connectivity index (χ4n) is 1.98. The molecule has 2 N–H and O–H groups in total. The molecule has 2 rings (SSSR count). The van der Waals surface area contributed by atoms with Crippen LogP contribution in [0.5, 0.6) is 0 Å². The smallest absolute Gasteiger partial charge is 0.269 e. The number of nitrogens with one attached hydrogen (secondary N) is 2. The number of likely N-dealkylation sites (N-methyl/N-ethyl adjacent to an activating group) is 1. The Bertz CT molecular complexity index is 669. The highest BCUT2D eigenvalue weighted by atomic mass is 19.1. The maximum absolute atomic E-state index is 13.1. The molecule has 0 radical (unpaired) electrons. The minimum absolute atomic E-state index is 0.187. The number of nitrogens with zero attached hydrogens (tertiary/aromatic N) is 2. The standard InChI is InChI=1S/C15H19FN4O/c1-11-7-13(16)4-3-12(11)10-20-15(21)8-14(9-19-20)18-6-5-17-2/h3-4,7-9,17-18H,5-6,10H2,1-2H3. The minimum Gasteiger partial charge on any atom is -0.382 e. The molecule has 0 aliphatic heterocycles. The van der Waals surface area contributed by atoms with E-state index in [0.717, 1.165) is 24.2 Å². The predicted molar refractivity (Wildman–Crippen MR) is 81.2 cm³/mol. The SMILES string of the molecule is CNCCNc1cnn(Cc2ccc(F)cc2C)c(=O)c1. The first-order valence-corrected chi connectivity index (χ1v) is 6.81. The van der Waals surface area contributed by atoms with Crippen molar-refractivity contribution in [2.45, 2.75) is 13.5 Å². The van der Waals surface area contributed by atoms with Crippen LogP contribution in [0.2, 0.25) is 0 Å². The maximum atomic E-state index is 13.1. The van der Waals surface area contributed by atoms with E-state index in [1.807, 2.05) is 14.0 Å². The van der Waals surface area contributed by atoms with Gasteiger partial charge in [-0.3, -0.25) is 4.79 Å². The number of benzene rings is 1. The molecular formula is C15H19FN4O. The zero-order valence-corrected chi connectivity index (χ0v) is 12.2. The van der Waals surface area contributed by atoms with Crippen LogP contribution in [0.1, 0.15) is 11.1 Å². The van der Waals surface area contributed by atoms with Crippen molar-refractivity contribution in [3.63, 3.8) is 0 Å². The summed E-state index contributed by atoms with van der Waals surface area (Å²) in [5.41, 5.74) is 2.19. The number of hydrogen-bond acceptors (Lipinski definition) is 4. The Labute approximate surface area is 122 Å². The highest BCUT2D eigenvalue weighted by Crippen LogP contribution is 2.11. The van der Waals surface area contributed by atoms with Crippen molar-refractivity contribution in [2.24, 2.45) is 0 Å². The second kappa shape index (κ2) is 6.99. The molecule has 112 valence electrons. The van der Waals surface area contributed by atoms with Gasteiger partial charge in [0.2, 0.25) is 0 Å². The molecular weight excluding hydrogens is 271 g/mol. The molecule has 0 aliphatic rings. The molecule has 21 heavy (non-hydrogen) atoms. The molecule has 1 aromatic carbocycles. The van der Waals surface area contributed by atoms with E-state index in [2.05, 4.69) is 15.7 Å². The summed E-state index contributed by atoms with van der Waals surface area (Å²) in [5.74, 6) is -0.277. The van der Waals surface area contributed by atoms with Crippen LogP contribution >= 0.6 is 0 Å². The summed E-state index contributed by atoms with van der Waals surface area (Å²) in [7, 11) is 1.86. The van der Waals surface area contributed by atoms with Gasteiger partial charge in [-0.2, -0.15) is 5.10 Å². The zero-order valence-electron chi connectivity index (χ0n) is 12.2. The van der Waals surface area contributed by atoms with Crippen LogP contribution < -0.4 is 16.2 Å². The van der Waals surface area contributed by atoms with Crippen LogP contribution in [0.15, 0.2) is 35.3 Å². The van der Waals surface area contributed by atoms with Gasteiger partial charge in [0, 0.05) is 19.2 Å². The number of aromatic nitrogens is 2. The van der Waals surface area contributed by atoms with Crippen molar-refractivity contribution < 1.29 is 4.39 Å². The first kappa shape index (κ1) is 15.2. The van der Waals surface area contributed by atoms with E-state index in [0.29, 0.717) is 12.2 Å². The van der Waals surface area contributed by atoms with Gasteiger partial charge in [0.15, 0.2) is 0 Å². The van der Waals surface area contributed by atoms with E-state index in [-0.39, 0.29) is 11.4 Å². The van der Waals surface area contributed by atoms with Crippen molar-refractivity contribution in [3.05, 3.63) is 57.8 Å². The van der Waals surface area contributed by atoms with Crippen molar-refractivity contribution >= 4 is 5.69 Å². The van der Waals surface area contributed by atoms with Gasteiger partial charge in [0.05, 0.1) is 18.4 Å². The van der Waals surface area contributed by atoms with Crippen LogP contribution in [-0.4, -0.2) is 29.9 Å². The molecule has 0 amide bonds. The van der Waals surface area contributed by atoms with Crippen molar-refractivity contribution in [3.8, 4) is 0 Å². The topological polar surface area (TPSA) is 59.0 Å². The fourth-order valence-corrected chi connectivity index (χ4v) is 1.98. The first-order valence-electron chi connectivity index (χ1n) is 6.81. The molecule has 6 heteroatoms. The monoisotopic (exact) mass is 290 g/mol. The van der Waals surface area contributed by atoms with Gasteiger partial charge in [0.1, 0.15) is 5.82 Å². The van der Waals surface area contributed by atoms with Crippen molar-refractivity contribution in [1.82, 2.24) is 15.1 Å². The molecule has 0 saturated carbocycles. The predicted octanol–water partition coefficient (Wildman–Crippen LogP) is 1.37. The van der Waals surface area contributed by atoms with Gasteiger partial charge in [-0.25, -0.2) is 9.07 Å². The lowest BCUT2D eigenvalue weighted by molar-refractivity contribution is 0.616. The Morgan fingerprint density at radius 2 is 2.10 bits per heavy atom. The van der Waals surface area contributed by atoms with E-state index in [1.54, 1.807) is 12.3 Å². The van der Waals surface area contributed by atoms with Gasteiger partial charge in [0.25, 0.3) is 5.56 Å². The molecule has 0 spiro atoms. The Morgan fingerprint density at radius 1 is 1.29 bits per heavy atom. The Morgan fingerprint density at radius 3 is 2.76 bits per heavy atom. The molecule has 2 aromatic rings. The van der Waals surface area contributed by atoms with Gasteiger partial charge < -0.3 is 10.6 Å². The third kappa shape index (κ3) is 4.13. The summed E-state index contributed by atoms with van der Waals surface area (Å²) < 4.78 is 14.4. The van der Waals surface area contributed by atoms with Crippen LogP contribution in [0.3, 0.4) is 0 Å². The number of anilines is 1. The Hall–Kier alpha value is -2.21. The highest BCUT2D eigenvalue weighted by molar-refractivity contribution is 5.38. The summed E-state index contributed by atoms with van der Waals surface area (Å²) in [6.45, 7) is 3.68. The number of hydrogen-bond donors (Lipinski definition) is 2. The van der Waals surface area contributed by atoms with Gasteiger partial charge >= 0.3 is 0 Å². The summed E-state index contributed by atoms with van der Waals surface area (Å²) >= 11 is 0. The van der Waals surface area contributed by atoms with Gasteiger partial charge in [-0.05, 0) is 37.2 Å². The Kier molecular flexibility index (Phi) is 5.05. The van der Waals surface area contributed by atoms with Crippen LogP contribution in [0.4, 0.5) is 10.1 Å². The molecule has 5 nitrogen and oxygen atoms in total. The third-order valence-electron chi connectivity index (χ3n) is 3.20. The molecule has 1 heterocycles. The van der Waals surface area contributed by atoms with Crippen molar-refractivity contribution in [2.75, 3.05) is 25.5 Å². The van der Waals surface area contributed by atoms with Crippen molar-refractivity contribution in [1.29, 1.82) is 0 Å². The number of rotatable bonds is 6. The average Bonchev–Trinajstić information content (AvgIpc) is 2.44. The normalized spacial score (nSPS) is 10.6. The van der Waals surface area contributed by atoms with Gasteiger partial charge in [-0.1, -0.05) is 6.07 Å². The van der Waals surface area contributed by atoms with Crippen LogP contribution in [0, 0.1) is 12.7 Å². The molecule has 0 bridgehead atoms. The second-order valence-corrected chi connectivity index (χ2v) is 4.84. The van der Waals surface area contributed by atoms with E-state index >= 15 is 0 Å². The number of halogens is 1. The van der Waals surface area contributed by atoms with E-state index in [9.17, 15) is 9.18 Å². The summed E-state index contributed by atoms with van der Waals surface area (Å²) in [5, 5.41) is 10.3. The summed E-state index contributed by atoms with van der Waals surface area (Å²) in [6, 6.07) is 6.04. The molecule has 0 atom stereocenters. The molecule has 0 saturated heterocycles. The van der Waals surface area contributed by atoms with E-state index in [1.165, 1.54) is 22.9 Å². The highest BCUT2D eigenvalue weighted by Gasteiger charge is 2.04. The first-order chi connectivity index (χ1) is 10.1. The fraction of sp³-hybridized carbons (Fsp3) is 0.333. The average molecular weight is 290 g/mol. The third-order valence-corrected chi connectivity index (χ3v) is 3.20. The molecule has 0 aliphatic carbocycles. The van der Waals surface area contributed by atoms with E-state index < -0.39 is 0 Å². The van der Waals surface area contributed by atoms with E-state index in [4.69, 9.17) is 0 Å². The quantitative estimate of drug-likeness (QED) is 0.789. The molecule has 0 fully saturated rings. The zero-order chi connectivity index (χ0) is 15.2. The Balaban J connectivity index is 2.12. The molecule has 0 unspecified atom stereocenters. The maximum Gasteiger partial charge on any atom is 0.269 e. The van der Waals surface area contributed by atoms with Crippen LogP contribution in [0.25, 0.3) is 0 Å². The lowest BCUT2D eigenvalue weighted by atomic mass is 10.1. The summed E-state index contributed by atoms with van der Waals surface area (Å²) in [6.07, 6.45) is 1.62. The number of aryl methyl sites for hydroxylation is 1. The lowest BCUT2D eigenvalue weighted by Gasteiger charge is -2.09. The summed E-state index contributed by atoms with van der Waals surface area (Å²) in [4.78, 5) is 12.0. The lowest BCUT2D eigenvalue weighted by Crippen LogP contribution is -2.24. The van der Waals surface area contributed by atoms with Crippen LogP contribution in [-0.2, 0) is 6.54 Å².